The summed E-state index contributed by atoms with van der Waals surface area (Å²) in [6.07, 6.45) is 1.20. The smallest absolute Gasteiger partial charge is 0.238 e. The van der Waals surface area contributed by atoms with Crippen LogP contribution < -0.4 is 10.6 Å². The van der Waals surface area contributed by atoms with E-state index >= 15 is 0 Å². The highest BCUT2D eigenvalue weighted by molar-refractivity contribution is 5.92. The van der Waals surface area contributed by atoms with Gasteiger partial charge in [0, 0.05) is 36.1 Å². The summed E-state index contributed by atoms with van der Waals surface area (Å²) < 4.78 is 0. The fourth-order valence-electron chi connectivity index (χ4n) is 4.49. The summed E-state index contributed by atoms with van der Waals surface area (Å²) in [6, 6.07) is 23.2. The van der Waals surface area contributed by atoms with E-state index < -0.39 is 6.10 Å². The van der Waals surface area contributed by atoms with Crippen LogP contribution in [0, 0.1) is 6.92 Å². The van der Waals surface area contributed by atoms with Crippen molar-refractivity contribution in [1.29, 1.82) is 0 Å². The number of hydrogen-bond acceptors (Lipinski definition) is 5. The molecule has 1 aliphatic rings. The molecule has 1 amide bonds. The van der Waals surface area contributed by atoms with Crippen LogP contribution in [0.1, 0.15) is 41.2 Å². The Kier molecular flexibility index (Phi) is 7.95. The minimum Gasteiger partial charge on any atom is -0.392 e. The largest absolute Gasteiger partial charge is 0.392 e. The van der Waals surface area contributed by atoms with Gasteiger partial charge in [-0.1, -0.05) is 60.7 Å². The van der Waals surface area contributed by atoms with E-state index in [4.69, 9.17) is 0 Å². The third-order valence-corrected chi connectivity index (χ3v) is 6.46. The van der Waals surface area contributed by atoms with Gasteiger partial charge in [0.15, 0.2) is 0 Å². The molecule has 178 valence electrons. The van der Waals surface area contributed by atoms with Crippen LogP contribution in [0.2, 0.25) is 0 Å². The van der Waals surface area contributed by atoms with Crippen LogP contribution in [-0.4, -0.2) is 46.7 Å². The highest BCUT2D eigenvalue weighted by Gasteiger charge is 2.22. The van der Waals surface area contributed by atoms with Crippen LogP contribution in [-0.2, 0) is 11.4 Å². The Morgan fingerprint density at radius 2 is 1.65 bits per heavy atom. The number of aliphatic hydroxyl groups excluding tert-OH is 2. The third-order valence-electron chi connectivity index (χ3n) is 6.46. The summed E-state index contributed by atoms with van der Waals surface area (Å²) in [5.74, 6) is -0.0377. The normalized spacial score (nSPS) is 15.6. The summed E-state index contributed by atoms with van der Waals surface area (Å²) in [7, 11) is 0. The van der Waals surface area contributed by atoms with Crippen molar-refractivity contribution in [2.75, 3.05) is 30.3 Å². The molecule has 1 aliphatic heterocycles. The SMILES string of the molecule is Cc1cccc(CO)c1NC1CCN(CC(=O)Nc2ccc(C(O)c3ccccc3)cc2)CC1. The molecule has 3 aromatic carbocycles. The van der Waals surface area contributed by atoms with Crippen LogP contribution >= 0.6 is 0 Å². The number of amides is 1. The number of piperidine rings is 1. The Morgan fingerprint density at radius 1 is 0.971 bits per heavy atom. The number of likely N-dealkylation sites (tertiary alicyclic amines) is 1. The maximum atomic E-state index is 12.6. The number of para-hydroxylation sites is 1. The summed E-state index contributed by atoms with van der Waals surface area (Å²) in [6.45, 7) is 4.11. The Morgan fingerprint density at radius 3 is 2.32 bits per heavy atom. The summed E-state index contributed by atoms with van der Waals surface area (Å²) in [4.78, 5) is 14.7. The van der Waals surface area contributed by atoms with Crippen LogP contribution in [0.25, 0.3) is 0 Å². The van der Waals surface area contributed by atoms with Crippen molar-refractivity contribution in [3.05, 3.63) is 95.1 Å². The lowest BCUT2D eigenvalue weighted by atomic mass is 10.0. The van der Waals surface area contributed by atoms with Gasteiger partial charge in [0.25, 0.3) is 0 Å². The lowest BCUT2D eigenvalue weighted by Crippen LogP contribution is -2.42. The lowest BCUT2D eigenvalue weighted by molar-refractivity contribution is -0.117. The number of benzene rings is 3. The number of nitrogens with one attached hydrogen (secondary N) is 2. The van der Waals surface area contributed by atoms with Crippen LogP contribution in [0.15, 0.2) is 72.8 Å². The molecule has 1 saturated heterocycles. The van der Waals surface area contributed by atoms with E-state index in [1.54, 1.807) is 0 Å². The molecule has 0 saturated carbocycles. The van der Waals surface area contributed by atoms with Crippen molar-refractivity contribution in [2.45, 2.75) is 38.5 Å². The van der Waals surface area contributed by atoms with Crippen molar-refractivity contribution in [1.82, 2.24) is 4.90 Å². The Bertz CT molecular complexity index is 1080. The first kappa shape index (κ1) is 24.0. The lowest BCUT2D eigenvalue weighted by Gasteiger charge is -2.33. The highest BCUT2D eigenvalue weighted by atomic mass is 16.3. The molecule has 1 unspecified atom stereocenters. The van der Waals surface area contributed by atoms with Gasteiger partial charge in [-0.15, -0.1) is 0 Å². The molecule has 0 spiro atoms. The molecule has 0 bridgehead atoms. The van der Waals surface area contributed by atoms with E-state index in [-0.39, 0.29) is 12.5 Å². The Labute approximate surface area is 201 Å². The molecule has 1 heterocycles. The van der Waals surface area contributed by atoms with Crippen molar-refractivity contribution in [3.63, 3.8) is 0 Å². The molecule has 0 aliphatic carbocycles. The standard InChI is InChI=1S/C28H33N3O3/c1-20-6-5-9-23(19-32)27(20)30-25-14-16-31(17-15-25)18-26(33)29-24-12-10-22(11-13-24)28(34)21-7-3-2-4-8-21/h2-13,25,28,30,32,34H,14-19H2,1H3,(H,29,33). The Balaban J connectivity index is 1.25. The van der Waals surface area contributed by atoms with Gasteiger partial charge >= 0.3 is 0 Å². The zero-order valence-electron chi connectivity index (χ0n) is 19.6. The van der Waals surface area contributed by atoms with Crippen molar-refractivity contribution in [3.8, 4) is 0 Å². The maximum Gasteiger partial charge on any atom is 0.238 e. The number of hydrogen-bond donors (Lipinski definition) is 4. The number of aliphatic hydroxyl groups is 2. The van der Waals surface area contributed by atoms with Gasteiger partial charge in [0.2, 0.25) is 5.91 Å². The first-order chi connectivity index (χ1) is 16.5. The van der Waals surface area contributed by atoms with Crippen molar-refractivity contribution < 1.29 is 15.0 Å². The second-order valence-corrected chi connectivity index (χ2v) is 8.95. The number of rotatable bonds is 8. The molecule has 0 aromatic heterocycles. The van der Waals surface area contributed by atoms with Gasteiger partial charge in [-0.25, -0.2) is 0 Å². The predicted octanol–water partition coefficient (Wildman–Crippen LogP) is 4.08. The fraction of sp³-hybridized carbons (Fsp3) is 0.321. The molecule has 0 radical (unpaired) electrons. The van der Waals surface area contributed by atoms with E-state index in [9.17, 15) is 15.0 Å². The average molecular weight is 460 g/mol. The molecule has 3 aromatic rings. The van der Waals surface area contributed by atoms with Crippen molar-refractivity contribution >= 4 is 17.3 Å². The van der Waals surface area contributed by atoms with Gasteiger partial charge in [0.05, 0.1) is 13.2 Å². The number of aryl methyl sites for hydroxylation is 1. The van der Waals surface area contributed by atoms with E-state index in [0.29, 0.717) is 12.6 Å². The Hall–Kier alpha value is -3.19. The van der Waals surface area contributed by atoms with Gasteiger partial charge in [-0.2, -0.15) is 0 Å². The molecular weight excluding hydrogens is 426 g/mol. The maximum absolute atomic E-state index is 12.6. The zero-order chi connectivity index (χ0) is 23.9. The molecule has 1 fully saturated rings. The second-order valence-electron chi connectivity index (χ2n) is 8.95. The second kappa shape index (κ2) is 11.3. The minimum atomic E-state index is -0.686. The molecular formula is C28H33N3O3. The number of carbonyl (C=O) groups excluding carboxylic acids is 1. The molecule has 34 heavy (non-hydrogen) atoms. The highest BCUT2D eigenvalue weighted by Crippen LogP contribution is 2.25. The minimum absolute atomic E-state index is 0.0230. The van der Waals surface area contributed by atoms with Gasteiger partial charge < -0.3 is 20.8 Å². The monoisotopic (exact) mass is 459 g/mol. The fourth-order valence-corrected chi connectivity index (χ4v) is 4.49. The van der Waals surface area contributed by atoms with Gasteiger partial charge in [-0.3, -0.25) is 9.69 Å². The van der Waals surface area contributed by atoms with Gasteiger partial charge in [0.1, 0.15) is 6.10 Å². The summed E-state index contributed by atoms with van der Waals surface area (Å²) >= 11 is 0. The third kappa shape index (κ3) is 6.03. The molecule has 6 heteroatoms. The molecule has 6 nitrogen and oxygen atoms in total. The molecule has 4 N–H and O–H groups in total. The summed E-state index contributed by atoms with van der Waals surface area (Å²) in [5, 5.41) is 26.7. The number of anilines is 2. The van der Waals surface area contributed by atoms with E-state index in [0.717, 1.165) is 59.6 Å². The number of carbonyl (C=O) groups is 1. The quantitative estimate of drug-likeness (QED) is 0.408. The van der Waals surface area contributed by atoms with Crippen LogP contribution in [0.5, 0.6) is 0 Å². The summed E-state index contributed by atoms with van der Waals surface area (Å²) in [5.41, 5.74) is 5.44. The number of nitrogens with zero attached hydrogens (tertiary/aromatic N) is 1. The van der Waals surface area contributed by atoms with Gasteiger partial charge in [-0.05, 0) is 48.6 Å². The molecule has 4 rings (SSSR count). The molecule has 1 atom stereocenters. The van der Waals surface area contributed by atoms with E-state index in [1.807, 2.05) is 66.7 Å². The first-order valence-electron chi connectivity index (χ1n) is 11.8. The van der Waals surface area contributed by atoms with Crippen LogP contribution in [0.4, 0.5) is 11.4 Å². The van der Waals surface area contributed by atoms with Crippen molar-refractivity contribution in [2.24, 2.45) is 0 Å². The van der Waals surface area contributed by atoms with E-state index in [1.165, 1.54) is 0 Å². The zero-order valence-corrected chi connectivity index (χ0v) is 19.6. The first-order valence-corrected chi connectivity index (χ1v) is 11.8. The van der Waals surface area contributed by atoms with E-state index in [2.05, 4.69) is 28.5 Å². The topological polar surface area (TPSA) is 84.8 Å². The van der Waals surface area contributed by atoms with Crippen LogP contribution in [0.3, 0.4) is 0 Å². The average Bonchev–Trinajstić information content (AvgIpc) is 2.87. The predicted molar refractivity (Wildman–Crippen MR) is 136 cm³/mol.